The van der Waals surface area contributed by atoms with Crippen LogP contribution in [-0.2, 0) is 0 Å². The molecule has 2 heterocycles. The first-order valence-electron chi connectivity index (χ1n) is 7.13. The quantitative estimate of drug-likeness (QED) is 0.903. The van der Waals surface area contributed by atoms with Crippen molar-refractivity contribution in [2.45, 2.75) is 18.9 Å². The van der Waals surface area contributed by atoms with Crippen LogP contribution in [0.5, 0.6) is 11.5 Å². The fraction of sp³-hybridized carbons (Fsp3) is 0.533. The summed E-state index contributed by atoms with van der Waals surface area (Å²) in [4.78, 5) is 14.4. The number of nitrogens with zero attached hydrogens (tertiary/aromatic N) is 1. The number of amides is 1. The zero-order valence-corrected chi connectivity index (χ0v) is 12.9. The van der Waals surface area contributed by atoms with Crippen LogP contribution in [0.1, 0.15) is 23.2 Å². The molecule has 5 nitrogen and oxygen atoms in total. The third-order valence-electron chi connectivity index (χ3n) is 3.93. The maximum Gasteiger partial charge on any atom is 0.254 e. The van der Waals surface area contributed by atoms with Gasteiger partial charge in [-0.1, -0.05) is 0 Å². The molecular formula is C15H21ClN2O3. The second-order valence-corrected chi connectivity index (χ2v) is 5.27. The van der Waals surface area contributed by atoms with E-state index in [0.717, 1.165) is 31.7 Å². The van der Waals surface area contributed by atoms with Crippen LogP contribution in [0.4, 0.5) is 0 Å². The van der Waals surface area contributed by atoms with Gasteiger partial charge in [-0.15, -0.1) is 12.4 Å². The smallest absolute Gasteiger partial charge is 0.254 e. The molecule has 116 valence electrons. The van der Waals surface area contributed by atoms with E-state index >= 15 is 0 Å². The number of piperidine rings is 1. The molecule has 21 heavy (non-hydrogen) atoms. The molecule has 2 aliphatic rings. The molecule has 0 aromatic heterocycles. The third-order valence-corrected chi connectivity index (χ3v) is 3.93. The van der Waals surface area contributed by atoms with Gasteiger partial charge in [-0.05, 0) is 37.6 Å². The maximum atomic E-state index is 12.5. The van der Waals surface area contributed by atoms with Crippen molar-refractivity contribution in [2.24, 2.45) is 0 Å². The van der Waals surface area contributed by atoms with Gasteiger partial charge in [-0.25, -0.2) is 0 Å². The van der Waals surface area contributed by atoms with E-state index in [-0.39, 0.29) is 24.4 Å². The average molecular weight is 313 g/mol. The Morgan fingerprint density at radius 1 is 1.29 bits per heavy atom. The average Bonchev–Trinajstić information content (AvgIpc) is 2.54. The minimum Gasteiger partial charge on any atom is -0.486 e. The number of likely N-dealkylation sites (N-methyl/N-ethyl adjacent to an activating group) is 1. The van der Waals surface area contributed by atoms with Crippen molar-refractivity contribution in [3.8, 4) is 11.5 Å². The van der Waals surface area contributed by atoms with Gasteiger partial charge >= 0.3 is 0 Å². The van der Waals surface area contributed by atoms with Gasteiger partial charge < -0.3 is 19.7 Å². The standard InChI is InChI=1S/C15H20N2O3.ClH/c1-17(12-3-2-6-16-10-12)15(18)11-4-5-13-14(9-11)20-8-7-19-13;/h4-5,9,12,16H,2-3,6-8,10H2,1H3;1H. The van der Waals surface area contributed by atoms with E-state index < -0.39 is 0 Å². The predicted octanol–water partition coefficient (Wildman–Crippen LogP) is 1.70. The molecule has 6 heteroatoms. The summed E-state index contributed by atoms with van der Waals surface area (Å²) < 4.78 is 11.0. The molecular weight excluding hydrogens is 292 g/mol. The van der Waals surface area contributed by atoms with Crippen molar-refractivity contribution in [2.75, 3.05) is 33.4 Å². The molecule has 0 saturated carbocycles. The van der Waals surface area contributed by atoms with Gasteiger partial charge in [0, 0.05) is 25.2 Å². The zero-order chi connectivity index (χ0) is 13.9. The molecule has 1 N–H and O–H groups in total. The van der Waals surface area contributed by atoms with Gasteiger partial charge in [0.1, 0.15) is 13.2 Å². The molecule has 0 bridgehead atoms. The molecule has 0 spiro atoms. The first kappa shape index (κ1) is 15.9. The van der Waals surface area contributed by atoms with E-state index in [4.69, 9.17) is 9.47 Å². The Morgan fingerprint density at radius 2 is 2.05 bits per heavy atom. The van der Waals surface area contributed by atoms with E-state index in [1.54, 1.807) is 6.07 Å². The number of fused-ring (bicyclic) bond motifs is 1. The van der Waals surface area contributed by atoms with Crippen LogP contribution in [0.2, 0.25) is 0 Å². The largest absolute Gasteiger partial charge is 0.486 e. The SMILES string of the molecule is CN(C(=O)c1ccc2c(c1)OCCO2)C1CCCNC1.Cl. The van der Waals surface area contributed by atoms with Crippen LogP contribution in [0.15, 0.2) is 18.2 Å². The second-order valence-electron chi connectivity index (χ2n) is 5.27. The van der Waals surface area contributed by atoms with Crippen molar-refractivity contribution < 1.29 is 14.3 Å². The van der Waals surface area contributed by atoms with E-state index in [0.29, 0.717) is 24.5 Å². The highest BCUT2D eigenvalue weighted by molar-refractivity contribution is 5.95. The molecule has 1 saturated heterocycles. The summed E-state index contributed by atoms with van der Waals surface area (Å²) in [6.07, 6.45) is 2.17. The Labute approximate surface area is 131 Å². The number of hydrogen-bond donors (Lipinski definition) is 1. The van der Waals surface area contributed by atoms with Crippen LogP contribution in [0.3, 0.4) is 0 Å². The number of hydrogen-bond acceptors (Lipinski definition) is 4. The molecule has 0 radical (unpaired) electrons. The highest BCUT2D eigenvalue weighted by Gasteiger charge is 2.24. The van der Waals surface area contributed by atoms with Crippen molar-refractivity contribution in [3.05, 3.63) is 23.8 Å². The summed E-state index contributed by atoms with van der Waals surface area (Å²) in [7, 11) is 1.87. The Morgan fingerprint density at radius 3 is 2.76 bits per heavy atom. The van der Waals surface area contributed by atoms with Crippen molar-refractivity contribution in [3.63, 3.8) is 0 Å². The second kappa shape index (κ2) is 7.00. The predicted molar refractivity (Wildman–Crippen MR) is 82.7 cm³/mol. The van der Waals surface area contributed by atoms with Gasteiger partial charge in [0.2, 0.25) is 0 Å². The van der Waals surface area contributed by atoms with Crippen LogP contribution < -0.4 is 14.8 Å². The van der Waals surface area contributed by atoms with Gasteiger partial charge in [-0.3, -0.25) is 4.79 Å². The number of carbonyl (C=O) groups is 1. The highest BCUT2D eigenvalue weighted by atomic mass is 35.5. The number of benzene rings is 1. The van der Waals surface area contributed by atoms with Gasteiger partial charge in [0.05, 0.1) is 0 Å². The lowest BCUT2D eigenvalue weighted by atomic mass is 10.0. The summed E-state index contributed by atoms with van der Waals surface area (Å²) in [6.45, 7) is 3.01. The molecule has 3 rings (SSSR count). The fourth-order valence-corrected chi connectivity index (χ4v) is 2.71. The van der Waals surface area contributed by atoms with E-state index in [1.807, 2.05) is 24.1 Å². The van der Waals surface area contributed by atoms with Gasteiger partial charge in [0.15, 0.2) is 11.5 Å². The van der Waals surface area contributed by atoms with Crippen LogP contribution >= 0.6 is 12.4 Å². The lowest BCUT2D eigenvalue weighted by Crippen LogP contribution is -2.46. The van der Waals surface area contributed by atoms with Crippen molar-refractivity contribution in [1.82, 2.24) is 10.2 Å². The van der Waals surface area contributed by atoms with Crippen molar-refractivity contribution >= 4 is 18.3 Å². The monoisotopic (exact) mass is 312 g/mol. The number of carbonyl (C=O) groups excluding carboxylic acids is 1. The molecule has 1 fully saturated rings. The van der Waals surface area contributed by atoms with Crippen LogP contribution in [-0.4, -0.2) is 50.2 Å². The summed E-state index contributed by atoms with van der Waals surface area (Å²) in [5.74, 6) is 1.42. The van der Waals surface area contributed by atoms with Crippen molar-refractivity contribution in [1.29, 1.82) is 0 Å². The molecule has 0 aliphatic carbocycles. The first-order chi connectivity index (χ1) is 9.75. The van der Waals surface area contributed by atoms with Crippen LogP contribution in [0.25, 0.3) is 0 Å². The number of rotatable bonds is 2. The lowest BCUT2D eigenvalue weighted by molar-refractivity contribution is 0.0707. The molecule has 1 aromatic carbocycles. The fourth-order valence-electron chi connectivity index (χ4n) is 2.71. The minimum absolute atomic E-state index is 0. The Bertz CT molecular complexity index is 504. The third kappa shape index (κ3) is 3.41. The summed E-state index contributed by atoms with van der Waals surface area (Å²) in [5, 5.41) is 3.33. The van der Waals surface area contributed by atoms with E-state index in [9.17, 15) is 4.79 Å². The lowest BCUT2D eigenvalue weighted by Gasteiger charge is -2.32. The zero-order valence-electron chi connectivity index (χ0n) is 12.1. The number of halogens is 1. The minimum atomic E-state index is 0. The molecule has 1 aromatic rings. The van der Waals surface area contributed by atoms with Crippen LogP contribution in [0, 0.1) is 0 Å². The topological polar surface area (TPSA) is 50.8 Å². The Hall–Kier alpha value is -1.46. The molecule has 1 amide bonds. The van der Waals surface area contributed by atoms with E-state index in [1.165, 1.54) is 0 Å². The summed E-state index contributed by atoms with van der Waals surface area (Å²) in [6, 6.07) is 5.67. The Kier molecular flexibility index (Phi) is 5.31. The maximum absolute atomic E-state index is 12.5. The first-order valence-corrected chi connectivity index (χ1v) is 7.13. The Balaban J connectivity index is 0.00000161. The number of ether oxygens (including phenoxy) is 2. The molecule has 1 atom stereocenters. The highest BCUT2D eigenvalue weighted by Crippen LogP contribution is 2.31. The normalized spacial score (nSPS) is 20.3. The molecule has 1 unspecified atom stereocenters. The summed E-state index contributed by atoms with van der Waals surface area (Å²) in [5.41, 5.74) is 0.655. The summed E-state index contributed by atoms with van der Waals surface area (Å²) >= 11 is 0. The van der Waals surface area contributed by atoms with E-state index in [2.05, 4.69) is 5.32 Å². The van der Waals surface area contributed by atoms with Gasteiger partial charge in [-0.2, -0.15) is 0 Å². The van der Waals surface area contributed by atoms with Gasteiger partial charge in [0.25, 0.3) is 5.91 Å². The number of nitrogens with one attached hydrogen (secondary N) is 1. The molecule has 2 aliphatic heterocycles.